The molecule has 2 nitrogen and oxygen atoms in total. The van der Waals surface area contributed by atoms with E-state index in [-0.39, 0.29) is 0 Å². The van der Waals surface area contributed by atoms with E-state index >= 15 is 0 Å². The average Bonchev–Trinajstić information content (AvgIpc) is 2.26. The standard InChI is InChI=1S/C15H25NO/c1-11(2)10-17-15-8-6-7-14(9-15)13(5)16-12(3)4/h6-9,11-13,16H,10H2,1-5H3. The predicted molar refractivity (Wildman–Crippen MR) is 73.5 cm³/mol. The summed E-state index contributed by atoms with van der Waals surface area (Å²) in [7, 11) is 0. The summed E-state index contributed by atoms with van der Waals surface area (Å²) in [5.41, 5.74) is 1.28. The van der Waals surface area contributed by atoms with Gasteiger partial charge in [0.2, 0.25) is 0 Å². The monoisotopic (exact) mass is 235 g/mol. The van der Waals surface area contributed by atoms with Crippen molar-refractivity contribution in [1.29, 1.82) is 0 Å². The van der Waals surface area contributed by atoms with Gasteiger partial charge in [0.15, 0.2) is 0 Å². The van der Waals surface area contributed by atoms with Crippen molar-refractivity contribution >= 4 is 0 Å². The molecule has 0 heterocycles. The third kappa shape index (κ3) is 5.22. The molecule has 0 aliphatic rings. The molecule has 96 valence electrons. The van der Waals surface area contributed by atoms with Crippen molar-refractivity contribution in [2.24, 2.45) is 5.92 Å². The number of benzene rings is 1. The molecule has 0 aliphatic carbocycles. The molecule has 0 fully saturated rings. The van der Waals surface area contributed by atoms with Gasteiger partial charge in [-0.1, -0.05) is 39.8 Å². The Bertz CT molecular complexity index is 333. The minimum absolute atomic E-state index is 0.359. The molecule has 0 spiro atoms. The van der Waals surface area contributed by atoms with E-state index in [4.69, 9.17) is 4.74 Å². The molecular formula is C15H25NO. The maximum atomic E-state index is 5.74. The van der Waals surface area contributed by atoms with Crippen LogP contribution in [0.15, 0.2) is 24.3 Å². The molecule has 1 rings (SSSR count). The molecule has 1 aromatic rings. The molecule has 0 aliphatic heterocycles. The second-order valence-corrected chi connectivity index (χ2v) is 5.32. The minimum Gasteiger partial charge on any atom is -0.493 e. The van der Waals surface area contributed by atoms with Crippen molar-refractivity contribution in [3.63, 3.8) is 0 Å². The van der Waals surface area contributed by atoms with Crippen molar-refractivity contribution in [3.05, 3.63) is 29.8 Å². The fourth-order valence-corrected chi connectivity index (χ4v) is 1.73. The van der Waals surface area contributed by atoms with E-state index in [1.165, 1.54) is 5.56 Å². The lowest BCUT2D eigenvalue weighted by Gasteiger charge is -2.18. The molecule has 1 aromatic carbocycles. The lowest BCUT2D eigenvalue weighted by Crippen LogP contribution is -2.26. The first-order valence-corrected chi connectivity index (χ1v) is 6.48. The van der Waals surface area contributed by atoms with Crippen molar-refractivity contribution < 1.29 is 4.74 Å². The van der Waals surface area contributed by atoms with E-state index < -0.39 is 0 Å². The molecule has 0 radical (unpaired) electrons. The molecular weight excluding hydrogens is 210 g/mol. The maximum absolute atomic E-state index is 5.74. The van der Waals surface area contributed by atoms with Crippen LogP contribution in [-0.4, -0.2) is 12.6 Å². The zero-order valence-electron chi connectivity index (χ0n) is 11.7. The Labute approximate surface area is 105 Å². The third-order valence-electron chi connectivity index (χ3n) is 2.52. The molecule has 0 aromatic heterocycles. The van der Waals surface area contributed by atoms with Gasteiger partial charge in [-0.2, -0.15) is 0 Å². The lowest BCUT2D eigenvalue weighted by atomic mass is 10.1. The highest BCUT2D eigenvalue weighted by atomic mass is 16.5. The average molecular weight is 235 g/mol. The summed E-state index contributed by atoms with van der Waals surface area (Å²) < 4.78 is 5.74. The van der Waals surface area contributed by atoms with Crippen molar-refractivity contribution in [2.45, 2.75) is 46.7 Å². The van der Waals surface area contributed by atoms with Crippen molar-refractivity contribution in [1.82, 2.24) is 5.32 Å². The Balaban J connectivity index is 2.64. The van der Waals surface area contributed by atoms with E-state index in [1.807, 2.05) is 6.07 Å². The summed E-state index contributed by atoms with van der Waals surface area (Å²) in [5, 5.41) is 3.50. The number of ether oxygens (including phenoxy) is 1. The van der Waals surface area contributed by atoms with Crippen molar-refractivity contribution in [2.75, 3.05) is 6.61 Å². The normalized spacial score (nSPS) is 13.1. The van der Waals surface area contributed by atoms with Gasteiger partial charge in [0, 0.05) is 12.1 Å². The van der Waals surface area contributed by atoms with Crippen LogP contribution in [0.25, 0.3) is 0 Å². The van der Waals surface area contributed by atoms with Crippen LogP contribution in [0.2, 0.25) is 0 Å². The molecule has 1 atom stereocenters. The zero-order valence-corrected chi connectivity index (χ0v) is 11.7. The molecule has 1 unspecified atom stereocenters. The SMILES string of the molecule is CC(C)COc1cccc(C(C)NC(C)C)c1. The summed E-state index contributed by atoms with van der Waals surface area (Å²) in [5.74, 6) is 1.53. The van der Waals surface area contributed by atoms with Crippen LogP contribution in [0, 0.1) is 5.92 Å². The first-order chi connectivity index (χ1) is 7.99. The molecule has 0 saturated carbocycles. The summed E-state index contributed by atoms with van der Waals surface area (Å²) in [6, 6.07) is 9.20. The summed E-state index contributed by atoms with van der Waals surface area (Å²) in [6.45, 7) is 11.6. The zero-order chi connectivity index (χ0) is 12.8. The number of nitrogens with one attached hydrogen (secondary N) is 1. The second-order valence-electron chi connectivity index (χ2n) is 5.32. The van der Waals surface area contributed by atoms with Gasteiger partial charge in [-0.05, 0) is 30.5 Å². The van der Waals surface area contributed by atoms with Crippen LogP contribution < -0.4 is 10.1 Å². The quantitative estimate of drug-likeness (QED) is 0.810. The molecule has 2 heteroatoms. The van der Waals surface area contributed by atoms with Gasteiger partial charge in [-0.3, -0.25) is 0 Å². The Kier molecular flexibility index (Phi) is 5.49. The number of hydrogen-bond donors (Lipinski definition) is 1. The van der Waals surface area contributed by atoms with E-state index in [0.29, 0.717) is 18.0 Å². The van der Waals surface area contributed by atoms with Gasteiger partial charge in [-0.25, -0.2) is 0 Å². The highest BCUT2D eigenvalue weighted by Crippen LogP contribution is 2.19. The van der Waals surface area contributed by atoms with Gasteiger partial charge < -0.3 is 10.1 Å². The van der Waals surface area contributed by atoms with E-state index in [1.54, 1.807) is 0 Å². The Hall–Kier alpha value is -1.02. The van der Waals surface area contributed by atoms with Gasteiger partial charge in [0.1, 0.15) is 5.75 Å². The predicted octanol–water partition coefficient (Wildman–Crippen LogP) is 3.78. The van der Waals surface area contributed by atoms with E-state index in [0.717, 1.165) is 12.4 Å². The topological polar surface area (TPSA) is 21.3 Å². The van der Waals surface area contributed by atoms with Crippen molar-refractivity contribution in [3.8, 4) is 5.75 Å². The maximum Gasteiger partial charge on any atom is 0.119 e. The molecule has 17 heavy (non-hydrogen) atoms. The molecule has 1 N–H and O–H groups in total. The second kappa shape index (κ2) is 6.65. The van der Waals surface area contributed by atoms with E-state index in [2.05, 4.69) is 58.1 Å². The minimum atomic E-state index is 0.359. The summed E-state index contributed by atoms with van der Waals surface area (Å²) in [4.78, 5) is 0. The molecule has 0 saturated heterocycles. The highest BCUT2D eigenvalue weighted by Gasteiger charge is 2.07. The first kappa shape index (κ1) is 14.0. The van der Waals surface area contributed by atoms with Crippen LogP contribution in [0.4, 0.5) is 0 Å². The Morgan fingerprint density at radius 2 is 1.82 bits per heavy atom. The number of rotatable bonds is 6. The van der Waals surface area contributed by atoms with Crippen LogP contribution in [0.3, 0.4) is 0 Å². The summed E-state index contributed by atoms with van der Waals surface area (Å²) in [6.07, 6.45) is 0. The van der Waals surface area contributed by atoms with Crippen LogP contribution in [-0.2, 0) is 0 Å². The first-order valence-electron chi connectivity index (χ1n) is 6.48. The third-order valence-corrected chi connectivity index (χ3v) is 2.52. The van der Waals surface area contributed by atoms with Crippen LogP contribution in [0.1, 0.15) is 46.2 Å². The summed E-state index contributed by atoms with van der Waals surface area (Å²) >= 11 is 0. The molecule has 0 bridgehead atoms. The highest BCUT2D eigenvalue weighted by molar-refractivity contribution is 5.30. The van der Waals surface area contributed by atoms with Gasteiger partial charge in [-0.15, -0.1) is 0 Å². The van der Waals surface area contributed by atoms with Crippen LogP contribution >= 0.6 is 0 Å². The fourth-order valence-electron chi connectivity index (χ4n) is 1.73. The van der Waals surface area contributed by atoms with Gasteiger partial charge in [0.25, 0.3) is 0 Å². The van der Waals surface area contributed by atoms with Gasteiger partial charge in [0.05, 0.1) is 6.61 Å². The number of hydrogen-bond acceptors (Lipinski definition) is 2. The fraction of sp³-hybridized carbons (Fsp3) is 0.600. The largest absolute Gasteiger partial charge is 0.493 e. The Morgan fingerprint density at radius 3 is 2.41 bits per heavy atom. The lowest BCUT2D eigenvalue weighted by molar-refractivity contribution is 0.270. The van der Waals surface area contributed by atoms with Crippen LogP contribution in [0.5, 0.6) is 5.75 Å². The van der Waals surface area contributed by atoms with Gasteiger partial charge >= 0.3 is 0 Å². The van der Waals surface area contributed by atoms with E-state index in [9.17, 15) is 0 Å². The Morgan fingerprint density at radius 1 is 1.12 bits per heavy atom. The smallest absolute Gasteiger partial charge is 0.119 e. The molecule has 0 amide bonds.